The van der Waals surface area contributed by atoms with E-state index >= 15 is 0 Å². The molecular formula is C31H46O5. The predicted molar refractivity (Wildman–Crippen MR) is 142 cm³/mol. The van der Waals surface area contributed by atoms with Crippen molar-refractivity contribution in [1.29, 1.82) is 0 Å². The first-order valence-electron chi connectivity index (χ1n) is 14.3. The van der Waals surface area contributed by atoms with Gasteiger partial charge in [-0.3, -0.25) is 0 Å². The molecule has 5 nitrogen and oxygen atoms in total. The summed E-state index contributed by atoms with van der Waals surface area (Å²) in [6.45, 7) is 8.43. The van der Waals surface area contributed by atoms with Crippen molar-refractivity contribution in [3.63, 3.8) is 0 Å². The molecule has 4 aliphatic rings. The lowest BCUT2D eigenvalue weighted by molar-refractivity contribution is -0.226. The predicted octanol–water partition coefficient (Wildman–Crippen LogP) is 6.46. The molecule has 0 aromatic heterocycles. The zero-order chi connectivity index (χ0) is 25.8. The number of hydrogen-bond acceptors (Lipinski definition) is 5. The van der Waals surface area contributed by atoms with E-state index in [0.29, 0.717) is 11.5 Å². The van der Waals surface area contributed by atoms with Crippen LogP contribution in [0, 0.1) is 11.3 Å². The van der Waals surface area contributed by atoms with Crippen molar-refractivity contribution in [2.24, 2.45) is 11.3 Å². The molecule has 4 rings (SSSR count). The first-order chi connectivity index (χ1) is 17.2. The molecule has 4 aliphatic carbocycles. The quantitative estimate of drug-likeness (QED) is 0.250. The van der Waals surface area contributed by atoms with Crippen molar-refractivity contribution < 1.29 is 24.5 Å². The molecule has 3 saturated carbocycles. The average molecular weight is 499 g/mol. The summed E-state index contributed by atoms with van der Waals surface area (Å²) in [6, 6.07) is 0. The highest BCUT2D eigenvalue weighted by Crippen LogP contribution is 2.55. The van der Waals surface area contributed by atoms with Crippen molar-refractivity contribution in [3.8, 4) is 0 Å². The molecule has 3 fully saturated rings. The summed E-state index contributed by atoms with van der Waals surface area (Å²) in [5, 5.41) is 21.8. The number of esters is 1. The van der Waals surface area contributed by atoms with Gasteiger partial charge < -0.3 is 19.7 Å². The maximum Gasteiger partial charge on any atom is 0.332 e. The monoisotopic (exact) mass is 498 g/mol. The normalized spacial score (nSPS) is 36.3. The standard InChI is InChI=1S/C31H46O5/c1-4-25-16-17-27-23(11-10-18-30(25,27)3)14-15-24-19-31(34,20-28(32)22(24)2)35-21-29(33)36-26-12-8-6-5-7-9-13-26/h14-16,26-28,32,34H,2,4-13,17-21H2,1,3H3/t27-,28-,30+,31-/m0/s1. The number of allylic oxidation sites excluding steroid dienone is 5. The second-order valence-corrected chi connectivity index (χ2v) is 11.7. The van der Waals surface area contributed by atoms with Crippen LogP contribution < -0.4 is 0 Å². The minimum atomic E-state index is -1.61. The van der Waals surface area contributed by atoms with Crippen LogP contribution in [-0.4, -0.2) is 40.8 Å². The number of carbonyl (C=O) groups is 1. The second kappa shape index (κ2) is 11.8. The summed E-state index contributed by atoms with van der Waals surface area (Å²) in [6.07, 6.45) is 19.1. The lowest BCUT2D eigenvalue weighted by atomic mass is 9.64. The smallest absolute Gasteiger partial charge is 0.332 e. The summed E-state index contributed by atoms with van der Waals surface area (Å²) in [5.74, 6) is -1.53. The van der Waals surface area contributed by atoms with Gasteiger partial charge in [0.05, 0.1) is 6.10 Å². The number of aliphatic hydroxyl groups excluding tert-OH is 1. The van der Waals surface area contributed by atoms with Gasteiger partial charge in [0.15, 0.2) is 5.79 Å². The molecule has 0 spiro atoms. The summed E-state index contributed by atoms with van der Waals surface area (Å²) >= 11 is 0. The third kappa shape index (κ3) is 6.23. The molecule has 0 aliphatic heterocycles. The molecular weight excluding hydrogens is 452 g/mol. The van der Waals surface area contributed by atoms with E-state index in [1.807, 2.05) is 6.08 Å². The largest absolute Gasteiger partial charge is 0.461 e. The minimum Gasteiger partial charge on any atom is -0.461 e. The lowest BCUT2D eigenvalue weighted by Crippen LogP contribution is -2.43. The number of ether oxygens (including phenoxy) is 2. The van der Waals surface area contributed by atoms with E-state index in [1.165, 1.54) is 37.7 Å². The van der Waals surface area contributed by atoms with Gasteiger partial charge in [-0.05, 0) is 80.3 Å². The second-order valence-electron chi connectivity index (χ2n) is 11.7. The molecule has 0 saturated heterocycles. The molecule has 36 heavy (non-hydrogen) atoms. The van der Waals surface area contributed by atoms with Crippen molar-refractivity contribution in [2.75, 3.05) is 6.61 Å². The van der Waals surface area contributed by atoms with Gasteiger partial charge in [0.2, 0.25) is 0 Å². The molecule has 0 unspecified atom stereocenters. The topological polar surface area (TPSA) is 76.0 Å². The summed E-state index contributed by atoms with van der Waals surface area (Å²) in [5.41, 5.74) is 4.68. The number of hydrogen-bond donors (Lipinski definition) is 2. The van der Waals surface area contributed by atoms with Gasteiger partial charge in [-0.2, -0.15) is 0 Å². The molecule has 4 atom stereocenters. The molecule has 0 amide bonds. The van der Waals surface area contributed by atoms with Gasteiger partial charge in [0, 0.05) is 12.8 Å². The Kier molecular flexibility index (Phi) is 8.96. The van der Waals surface area contributed by atoms with Crippen LogP contribution in [0.4, 0.5) is 0 Å². The maximum absolute atomic E-state index is 12.5. The molecule has 0 bridgehead atoms. The Bertz CT molecular complexity index is 906. The minimum absolute atomic E-state index is 0.000922. The van der Waals surface area contributed by atoms with E-state index in [0.717, 1.165) is 50.5 Å². The van der Waals surface area contributed by atoms with Crippen LogP contribution in [0.15, 0.2) is 47.1 Å². The van der Waals surface area contributed by atoms with Gasteiger partial charge in [0.25, 0.3) is 0 Å². The summed E-state index contributed by atoms with van der Waals surface area (Å²) < 4.78 is 11.3. The van der Waals surface area contributed by atoms with E-state index in [2.05, 4.69) is 32.6 Å². The molecule has 0 aromatic carbocycles. The van der Waals surface area contributed by atoms with Crippen molar-refractivity contribution in [1.82, 2.24) is 0 Å². The Hall–Kier alpha value is -1.69. The molecule has 200 valence electrons. The number of rotatable bonds is 6. The van der Waals surface area contributed by atoms with E-state index in [9.17, 15) is 15.0 Å². The number of carbonyl (C=O) groups excluding carboxylic acids is 1. The summed E-state index contributed by atoms with van der Waals surface area (Å²) in [4.78, 5) is 12.5. The van der Waals surface area contributed by atoms with Crippen LogP contribution in [0.2, 0.25) is 0 Å². The van der Waals surface area contributed by atoms with Crippen LogP contribution in [0.5, 0.6) is 0 Å². The van der Waals surface area contributed by atoms with Crippen LogP contribution in [-0.2, 0) is 14.3 Å². The van der Waals surface area contributed by atoms with E-state index in [-0.39, 0.29) is 31.0 Å². The Morgan fingerprint density at radius 3 is 2.61 bits per heavy atom. The van der Waals surface area contributed by atoms with Crippen molar-refractivity contribution in [2.45, 2.75) is 122 Å². The Labute approximate surface area is 217 Å². The van der Waals surface area contributed by atoms with Gasteiger partial charge >= 0.3 is 5.97 Å². The van der Waals surface area contributed by atoms with E-state index < -0.39 is 17.9 Å². The zero-order valence-electron chi connectivity index (χ0n) is 22.4. The summed E-state index contributed by atoms with van der Waals surface area (Å²) in [7, 11) is 0. The molecule has 0 aromatic rings. The fourth-order valence-corrected chi connectivity index (χ4v) is 7.01. The SMILES string of the molecule is C=C1C(=CC=C2CCC[C@]3(C)C(CC)=CC[C@@H]23)C[C@](O)(OCC(=O)OC2CCCCCCC2)C[C@@H]1O. The first-order valence-corrected chi connectivity index (χ1v) is 14.3. The average Bonchev–Trinajstić information content (AvgIpc) is 3.17. The van der Waals surface area contributed by atoms with Gasteiger partial charge in [0.1, 0.15) is 12.7 Å². The molecule has 5 heteroatoms. The Balaban J connectivity index is 1.39. The maximum atomic E-state index is 12.5. The highest BCUT2D eigenvalue weighted by atomic mass is 16.6. The van der Waals surface area contributed by atoms with E-state index in [4.69, 9.17) is 9.47 Å². The van der Waals surface area contributed by atoms with Crippen LogP contribution in [0.3, 0.4) is 0 Å². The van der Waals surface area contributed by atoms with Crippen molar-refractivity contribution >= 4 is 5.97 Å². The third-order valence-electron chi connectivity index (χ3n) is 9.19. The number of fused-ring (bicyclic) bond motifs is 1. The number of aliphatic hydroxyl groups is 2. The fraction of sp³-hybridized carbons (Fsp3) is 0.710. The van der Waals surface area contributed by atoms with Crippen LogP contribution in [0.25, 0.3) is 0 Å². The van der Waals surface area contributed by atoms with Gasteiger partial charge in [-0.25, -0.2) is 4.79 Å². The Morgan fingerprint density at radius 1 is 1.17 bits per heavy atom. The molecule has 2 N–H and O–H groups in total. The van der Waals surface area contributed by atoms with Crippen molar-refractivity contribution in [3.05, 3.63) is 47.1 Å². The van der Waals surface area contributed by atoms with Crippen LogP contribution >= 0.6 is 0 Å². The van der Waals surface area contributed by atoms with E-state index in [1.54, 1.807) is 5.57 Å². The molecule has 0 radical (unpaired) electrons. The molecule has 0 heterocycles. The highest BCUT2D eigenvalue weighted by Gasteiger charge is 2.44. The highest BCUT2D eigenvalue weighted by molar-refractivity contribution is 5.71. The lowest BCUT2D eigenvalue weighted by Gasteiger charge is -2.41. The fourth-order valence-electron chi connectivity index (χ4n) is 7.01. The van der Waals surface area contributed by atoms with Gasteiger partial charge in [-0.1, -0.05) is 69.1 Å². The van der Waals surface area contributed by atoms with Crippen LogP contribution in [0.1, 0.15) is 104 Å². The first kappa shape index (κ1) is 27.3. The third-order valence-corrected chi connectivity index (χ3v) is 9.19. The Morgan fingerprint density at radius 2 is 1.89 bits per heavy atom. The van der Waals surface area contributed by atoms with Gasteiger partial charge in [-0.15, -0.1) is 0 Å². The zero-order valence-corrected chi connectivity index (χ0v) is 22.4.